The van der Waals surface area contributed by atoms with Crippen LogP contribution < -0.4 is 15.0 Å². The standard InChI is InChI=1S/C25H33N3O5S/c1-7-27(8-2)34(31,32)20-12-17(4)18(5)21(14-20)26-25(30)19-13-24(29)28(15-19)22-11-16(3)9-10-23(22)33-6/h9-12,14,19H,7-8,13,15H2,1-6H3,(H,26,30). The van der Waals surface area contributed by atoms with Crippen molar-refractivity contribution < 1.29 is 22.7 Å². The van der Waals surface area contributed by atoms with Gasteiger partial charge in [0.2, 0.25) is 21.8 Å². The second kappa shape index (κ2) is 10.1. The van der Waals surface area contributed by atoms with E-state index in [1.165, 1.54) is 10.4 Å². The summed E-state index contributed by atoms with van der Waals surface area (Å²) in [5.41, 5.74) is 3.61. The van der Waals surface area contributed by atoms with Gasteiger partial charge in [0.15, 0.2) is 0 Å². The summed E-state index contributed by atoms with van der Waals surface area (Å²) in [4.78, 5) is 27.6. The van der Waals surface area contributed by atoms with E-state index < -0.39 is 15.9 Å². The van der Waals surface area contributed by atoms with Crippen LogP contribution in [0.2, 0.25) is 0 Å². The predicted octanol–water partition coefficient (Wildman–Crippen LogP) is 3.64. The third kappa shape index (κ3) is 4.95. The second-order valence-corrected chi connectivity index (χ2v) is 10.5. The highest BCUT2D eigenvalue weighted by Gasteiger charge is 2.36. The van der Waals surface area contributed by atoms with Crippen LogP contribution in [0.25, 0.3) is 0 Å². The van der Waals surface area contributed by atoms with Gasteiger partial charge in [0, 0.05) is 31.7 Å². The molecule has 1 unspecified atom stereocenters. The first-order chi connectivity index (χ1) is 16.0. The molecule has 9 heteroatoms. The Bertz CT molecular complexity index is 1210. The second-order valence-electron chi connectivity index (χ2n) is 8.57. The molecular formula is C25H33N3O5S. The molecular weight excluding hydrogens is 454 g/mol. The quantitative estimate of drug-likeness (QED) is 0.613. The SMILES string of the molecule is CCN(CC)S(=O)(=O)c1cc(C)c(C)c(NC(=O)C2CC(=O)N(c3cc(C)ccc3OC)C2)c1. The number of amides is 2. The van der Waals surface area contributed by atoms with Crippen LogP contribution in [0.15, 0.2) is 35.2 Å². The number of methoxy groups -OCH3 is 1. The number of nitrogens with zero attached hydrogens (tertiary/aromatic N) is 2. The molecule has 0 spiro atoms. The lowest BCUT2D eigenvalue weighted by Crippen LogP contribution is -2.31. The van der Waals surface area contributed by atoms with E-state index in [0.29, 0.717) is 30.2 Å². The van der Waals surface area contributed by atoms with Gasteiger partial charge in [0.1, 0.15) is 5.75 Å². The molecule has 1 aliphatic heterocycles. The summed E-state index contributed by atoms with van der Waals surface area (Å²) < 4.78 is 32.9. The van der Waals surface area contributed by atoms with Gasteiger partial charge < -0.3 is 15.0 Å². The number of carbonyl (C=O) groups is 2. The average Bonchev–Trinajstić information content (AvgIpc) is 3.18. The zero-order chi connectivity index (χ0) is 25.2. The van der Waals surface area contributed by atoms with E-state index in [1.54, 1.807) is 38.0 Å². The van der Waals surface area contributed by atoms with E-state index >= 15 is 0 Å². The van der Waals surface area contributed by atoms with Crippen LogP contribution in [-0.4, -0.2) is 51.3 Å². The minimum Gasteiger partial charge on any atom is -0.495 e. The van der Waals surface area contributed by atoms with E-state index in [-0.39, 0.29) is 29.7 Å². The van der Waals surface area contributed by atoms with Crippen molar-refractivity contribution in [2.45, 2.75) is 45.9 Å². The Balaban J connectivity index is 1.86. The minimum atomic E-state index is -3.68. The number of anilines is 2. The van der Waals surface area contributed by atoms with Gasteiger partial charge in [0.05, 0.1) is 23.6 Å². The number of ether oxygens (including phenoxy) is 1. The lowest BCUT2D eigenvalue weighted by molar-refractivity contribution is -0.122. The first-order valence-electron chi connectivity index (χ1n) is 11.4. The molecule has 0 saturated carbocycles. The summed E-state index contributed by atoms with van der Waals surface area (Å²) >= 11 is 0. The number of aryl methyl sites for hydroxylation is 2. The topological polar surface area (TPSA) is 96.0 Å². The molecule has 1 fully saturated rings. The van der Waals surface area contributed by atoms with Gasteiger partial charge in [-0.1, -0.05) is 19.9 Å². The van der Waals surface area contributed by atoms with Crippen molar-refractivity contribution in [2.24, 2.45) is 5.92 Å². The first kappa shape index (κ1) is 25.7. The van der Waals surface area contributed by atoms with Crippen molar-refractivity contribution in [3.05, 3.63) is 47.0 Å². The van der Waals surface area contributed by atoms with Crippen molar-refractivity contribution >= 4 is 33.2 Å². The van der Waals surface area contributed by atoms with Gasteiger partial charge >= 0.3 is 0 Å². The summed E-state index contributed by atoms with van der Waals surface area (Å²) in [5.74, 6) is -0.474. The highest BCUT2D eigenvalue weighted by atomic mass is 32.2. The molecule has 2 amide bonds. The molecule has 3 rings (SSSR count). The lowest BCUT2D eigenvalue weighted by Gasteiger charge is -2.21. The number of hydrogen-bond acceptors (Lipinski definition) is 5. The normalized spacial score (nSPS) is 16.3. The van der Waals surface area contributed by atoms with E-state index in [0.717, 1.165) is 16.7 Å². The maximum Gasteiger partial charge on any atom is 0.243 e. The van der Waals surface area contributed by atoms with Crippen molar-refractivity contribution in [1.29, 1.82) is 0 Å². The number of rotatable bonds is 8. The summed E-state index contributed by atoms with van der Waals surface area (Å²) in [5, 5.41) is 2.88. The van der Waals surface area contributed by atoms with Crippen LogP contribution in [0.5, 0.6) is 5.75 Å². The van der Waals surface area contributed by atoms with Crippen LogP contribution in [0.3, 0.4) is 0 Å². The smallest absolute Gasteiger partial charge is 0.243 e. The lowest BCUT2D eigenvalue weighted by atomic mass is 10.1. The minimum absolute atomic E-state index is 0.0679. The van der Waals surface area contributed by atoms with Crippen LogP contribution in [0.4, 0.5) is 11.4 Å². The van der Waals surface area contributed by atoms with Crippen LogP contribution in [0.1, 0.15) is 37.0 Å². The summed E-state index contributed by atoms with van der Waals surface area (Å²) in [6, 6.07) is 8.71. The Kier molecular flexibility index (Phi) is 7.67. The molecule has 0 bridgehead atoms. The summed E-state index contributed by atoms with van der Waals surface area (Å²) in [7, 11) is -2.13. The molecule has 8 nitrogen and oxygen atoms in total. The summed E-state index contributed by atoms with van der Waals surface area (Å²) in [6.07, 6.45) is 0.0679. The van der Waals surface area contributed by atoms with Gasteiger partial charge in [-0.25, -0.2) is 8.42 Å². The molecule has 2 aromatic rings. The monoisotopic (exact) mass is 487 g/mol. The Morgan fingerprint density at radius 2 is 1.82 bits per heavy atom. The highest BCUT2D eigenvalue weighted by molar-refractivity contribution is 7.89. The fourth-order valence-electron chi connectivity index (χ4n) is 4.18. The molecule has 1 aliphatic rings. The highest BCUT2D eigenvalue weighted by Crippen LogP contribution is 2.34. The van der Waals surface area contributed by atoms with E-state index in [4.69, 9.17) is 4.74 Å². The first-order valence-corrected chi connectivity index (χ1v) is 12.8. The van der Waals surface area contributed by atoms with Gasteiger partial charge in [-0.05, 0) is 61.7 Å². The largest absolute Gasteiger partial charge is 0.495 e. The zero-order valence-corrected chi connectivity index (χ0v) is 21.5. The van der Waals surface area contributed by atoms with Crippen LogP contribution >= 0.6 is 0 Å². The fraction of sp³-hybridized carbons (Fsp3) is 0.440. The fourth-order valence-corrected chi connectivity index (χ4v) is 5.75. The van der Waals surface area contributed by atoms with E-state index in [2.05, 4.69) is 5.32 Å². The Morgan fingerprint density at radius 3 is 2.44 bits per heavy atom. The molecule has 1 heterocycles. The molecule has 34 heavy (non-hydrogen) atoms. The van der Waals surface area contributed by atoms with Gasteiger partial charge in [-0.15, -0.1) is 0 Å². The predicted molar refractivity (Wildman–Crippen MR) is 133 cm³/mol. The maximum atomic E-state index is 13.1. The number of hydrogen-bond donors (Lipinski definition) is 1. The molecule has 0 aromatic heterocycles. The number of carbonyl (C=O) groups excluding carboxylic acids is 2. The van der Waals surface area contributed by atoms with Gasteiger partial charge in [-0.3, -0.25) is 9.59 Å². The van der Waals surface area contributed by atoms with Gasteiger partial charge in [0.25, 0.3) is 0 Å². The number of nitrogens with one attached hydrogen (secondary N) is 1. The Labute approximate surface area is 201 Å². The summed E-state index contributed by atoms with van der Waals surface area (Å²) in [6.45, 7) is 10.1. The van der Waals surface area contributed by atoms with Crippen molar-refractivity contribution in [1.82, 2.24) is 4.31 Å². The zero-order valence-electron chi connectivity index (χ0n) is 20.6. The van der Waals surface area contributed by atoms with Crippen molar-refractivity contribution in [3.63, 3.8) is 0 Å². The average molecular weight is 488 g/mol. The van der Waals surface area contributed by atoms with Gasteiger partial charge in [-0.2, -0.15) is 4.31 Å². The molecule has 1 N–H and O–H groups in total. The van der Waals surface area contributed by atoms with Crippen molar-refractivity contribution in [3.8, 4) is 5.75 Å². The van der Waals surface area contributed by atoms with E-state index in [1.807, 2.05) is 32.9 Å². The molecule has 0 radical (unpaired) electrons. The third-order valence-electron chi connectivity index (χ3n) is 6.36. The molecule has 184 valence electrons. The number of benzene rings is 2. The van der Waals surface area contributed by atoms with E-state index in [9.17, 15) is 18.0 Å². The number of sulfonamides is 1. The molecule has 0 aliphatic carbocycles. The van der Waals surface area contributed by atoms with Crippen molar-refractivity contribution in [2.75, 3.05) is 37.0 Å². The Hall–Kier alpha value is -2.91. The molecule has 1 saturated heterocycles. The van der Waals surface area contributed by atoms with Crippen LogP contribution in [-0.2, 0) is 19.6 Å². The van der Waals surface area contributed by atoms with Crippen LogP contribution in [0, 0.1) is 26.7 Å². The molecule has 2 aromatic carbocycles. The third-order valence-corrected chi connectivity index (χ3v) is 8.39. The maximum absolute atomic E-state index is 13.1. The Morgan fingerprint density at radius 1 is 1.15 bits per heavy atom. The molecule has 1 atom stereocenters.